The third kappa shape index (κ3) is 29.8. The first kappa shape index (κ1) is 64.4. The van der Waals surface area contributed by atoms with E-state index in [4.69, 9.17) is 28.4 Å². The lowest BCUT2D eigenvalue weighted by molar-refractivity contribution is -0.332. The molecule has 15 heteroatoms. The molecule has 0 aliphatic carbocycles. The van der Waals surface area contributed by atoms with Gasteiger partial charge in [-0.1, -0.05) is 199 Å². The van der Waals surface area contributed by atoms with E-state index in [-0.39, 0.29) is 26.1 Å². The van der Waals surface area contributed by atoms with Gasteiger partial charge in [-0.2, -0.15) is 0 Å². The van der Waals surface area contributed by atoms with Gasteiger partial charge in [0.1, 0.15) is 55.4 Å². The van der Waals surface area contributed by atoms with Gasteiger partial charge in [-0.05, 0) is 32.1 Å². The maximum absolute atomic E-state index is 13.0. The van der Waals surface area contributed by atoms with Crippen molar-refractivity contribution in [3.05, 3.63) is 12.2 Å². The Hall–Kier alpha value is -1.76. The predicted molar refractivity (Wildman–Crippen MR) is 271 cm³/mol. The molecule has 0 amide bonds. The zero-order valence-corrected chi connectivity index (χ0v) is 43.8. The summed E-state index contributed by atoms with van der Waals surface area (Å²) in [6, 6.07) is 0. The molecule has 7 N–H and O–H groups in total. The minimum atomic E-state index is -1.76. The number of ether oxygens (including phenoxy) is 6. The molecule has 2 rings (SSSR count). The first-order chi connectivity index (χ1) is 34.0. The standard InChI is InChI=1S/C55H102O15/c1-3-5-7-9-11-13-15-16-17-18-19-20-21-22-23-24-25-26-28-30-32-34-36-38-47(58)68-43(40-65-46(57)37-35-33-31-29-27-14-12-10-8-6-4-2)41-66-54-53(64)51(62)49(60)45(70-54)42-67-55-52(63)50(61)48(59)44(39-56)69-55/h10,12,43-45,48-56,59-64H,3-9,11,13-42H2,1-2H3/b12-10+/t43-,44+,45+,48-,49-,50?,51?,52?,53?,54+,55+/m1/s1. The lowest BCUT2D eigenvalue weighted by Gasteiger charge is -2.42. The van der Waals surface area contributed by atoms with E-state index in [0.717, 1.165) is 57.8 Å². The number of esters is 2. The van der Waals surface area contributed by atoms with Crippen LogP contribution >= 0.6 is 0 Å². The fraction of sp³-hybridized carbons (Fsp3) is 0.927. The van der Waals surface area contributed by atoms with Crippen LogP contribution in [0.15, 0.2) is 12.2 Å². The number of aliphatic hydroxyl groups excluding tert-OH is 7. The SMILES string of the molecule is CCCC/C=C/CCCCCCCC(=O)OC[C@H](CO[C@H]1O[C@@H](CO[C@H]2O[C@@H](CO)[C@@H](O)C(O)C2O)[C@@H](O)C(O)C1O)OC(=O)CCCCCCCCCCCCCCCCCCCCCCCCC. The fourth-order valence-corrected chi connectivity index (χ4v) is 9.08. The largest absolute Gasteiger partial charge is 0.462 e. The number of carbonyl (C=O) groups is 2. The Labute approximate surface area is 422 Å². The first-order valence-electron chi connectivity index (χ1n) is 28.3. The van der Waals surface area contributed by atoms with Crippen molar-refractivity contribution in [3.8, 4) is 0 Å². The van der Waals surface area contributed by atoms with Crippen molar-refractivity contribution in [1.82, 2.24) is 0 Å². The predicted octanol–water partition coefficient (Wildman–Crippen LogP) is 8.94. The molecule has 2 aliphatic heterocycles. The van der Waals surface area contributed by atoms with Crippen molar-refractivity contribution in [2.75, 3.05) is 26.4 Å². The molecule has 0 radical (unpaired) electrons. The van der Waals surface area contributed by atoms with E-state index in [1.807, 2.05) is 0 Å². The molecule has 70 heavy (non-hydrogen) atoms. The average molecular weight is 1000 g/mol. The third-order valence-electron chi connectivity index (χ3n) is 13.7. The van der Waals surface area contributed by atoms with Crippen LogP contribution in [0, 0.1) is 0 Å². The van der Waals surface area contributed by atoms with Gasteiger partial charge in [0.05, 0.1) is 19.8 Å². The van der Waals surface area contributed by atoms with Crippen LogP contribution < -0.4 is 0 Å². The maximum Gasteiger partial charge on any atom is 0.306 e. The van der Waals surface area contributed by atoms with Crippen LogP contribution in [-0.4, -0.2) is 142 Å². The number of hydrogen-bond donors (Lipinski definition) is 7. The van der Waals surface area contributed by atoms with Crippen LogP contribution in [0.1, 0.15) is 232 Å². The molecule has 0 spiro atoms. The minimum absolute atomic E-state index is 0.170. The van der Waals surface area contributed by atoms with E-state index in [0.29, 0.717) is 12.8 Å². The molecule has 412 valence electrons. The number of rotatable bonds is 45. The molecule has 2 fully saturated rings. The van der Waals surface area contributed by atoms with E-state index in [1.165, 1.54) is 135 Å². The van der Waals surface area contributed by atoms with Crippen molar-refractivity contribution in [3.63, 3.8) is 0 Å². The Kier molecular flexibility index (Phi) is 39.1. The van der Waals surface area contributed by atoms with Gasteiger partial charge in [0.25, 0.3) is 0 Å². The van der Waals surface area contributed by atoms with E-state index in [9.17, 15) is 45.3 Å². The highest BCUT2D eigenvalue weighted by molar-refractivity contribution is 5.70. The summed E-state index contributed by atoms with van der Waals surface area (Å²) in [5, 5.41) is 72.1. The normalized spacial score (nSPS) is 25.4. The molecule has 0 saturated carbocycles. The highest BCUT2D eigenvalue weighted by Gasteiger charge is 2.47. The van der Waals surface area contributed by atoms with E-state index in [2.05, 4.69) is 26.0 Å². The summed E-state index contributed by atoms with van der Waals surface area (Å²) in [5.41, 5.74) is 0. The average Bonchev–Trinajstić information content (AvgIpc) is 3.35. The summed E-state index contributed by atoms with van der Waals surface area (Å²) in [6.45, 7) is 2.58. The lowest BCUT2D eigenvalue weighted by atomic mass is 9.98. The monoisotopic (exact) mass is 1000 g/mol. The Bertz CT molecular complexity index is 1270. The Morgan fingerprint density at radius 2 is 0.829 bits per heavy atom. The zero-order chi connectivity index (χ0) is 51.0. The maximum atomic E-state index is 13.0. The second kappa shape index (κ2) is 42.6. The first-order valence-corrected chi connectivity index (χ1v) is 28.3. The fourth-order valence-electron chi connectivity index (χ4n) is 9.08. The van der Waals surface area contributed by atoms with Gasteiger partial charge in [0.15, 0.2) is 18.7 Å². The number of carbonyl (C=O) groups excluding carboxylic acids is 2. The van der Waals surface area contributed by atoms with Crippen molar-refractivity contribution < 1.29 is 73.8 Å². The topological polar surface area (TPSA) is 231 Å². The number of allylic oxidation sites excluding steroid dienone is 2. The Balaban J connectivity index is 1.72. The molecule has 2 heterocycles. The van der Waals surface area contributed by atoms with E-state index >= 15 is 0 Å². The van der Waals surface area contributed by atoms with Gasteiger partial charge in [-0.25, -0.2) is 0 Å². The van der Waals surface area contributed by atoms with Crippen LogP contribution in [0.4, 0.5) is 0 Å². The zero-order valence-electron chi connectivity index (χ0n) is 43.8. The summed E-state index contributed by atoms with van der Waals surface area (Å²) in [7, 11) is 0. The molecule has 2 saturated heterocycles. The number of hydrogen-bond acceptors (Lipinski definition) is 15. The minimum Gasteiger partial charge on any atom is -0.462 e. The summed E-state index contributed by atoms with van der Waals surface area (Å²) in [4.78, 5) is 25.8. The summed E-state index contributed by atoms with van der Waals surface area (Å²) in [6.07, 6.45) is 26.8. The molecule has 11 atom stereocenters. The molecular weight excluding hydrogens is 901 g/mol. The molecular formula is C55H102O15. The Morgan fingerprint density at radius 1 is 0.443 bits per heavy atom. The van der Waals surface area contributed by atoms with E-state index < -0.39 is 92.7 Å². The van der Waals surface area contributed by atoms with Crippen LogP contribution in [0.2, 0.25) is 0 Å². The quantitative estimate of drug-likeness (QED) is 0.0172. The second-order valence-corrected chi connectivity index (χ2v) is 20.1. The highest BCUT2D eigenvalue weighted by atomic mass is 16.7. The van der Waals surface area contributed by atoms with E-state index in [1.54, 1.807) is 0 Å². The Morgan fingerprint density at radius 3 is 1.30 bits per heavy atom. The van der Waals surface area contributed by atoms with Gasteiger partial charge in [-0.15, -0.1) is 0 Å². The van der Waals surface area contributed by atoms with Crippen molar-refractivity contribution >= 4 is 11.9 Å². The molecule has 0 aromatic carbocycles. The highest BCUT2D eigenvalue weighted by Crippen LogP contribution is 2.27. The summed E-state index contributed by atoms with van der Waals surface area (Å²) < 4.78 is 33.6. The van der Waals surface area contributed by atoms with Gasteiger partial charge in [0.2, 0.25) is 0 Å². The molecule has 0 aromatic heterocycles. The summed E-state index contributed by atoms with van der Waals surface area (Å²) in [5.74, 6) is -0.924. The van der Waals surface area contributed by atoms with Crippen molar-refractivity contribution in [1.29, 1.82) is 0 Å². The van der Waals surface area contributed by atoms with Crippen LogP contribution in [-0.2, 0) is 38.0 Å². The van der Waals surface area contributed by atoms with Crippen LogP contribution in [0.25, 0.3) is 0 Å². The smallest absolute Gasteiger partial charge is 0.306 e. The number of aliphatic hydroxyl groups is 7. The molecule has 15 nitrogen and oxygen atoms in total. The van der Waals surface area contributed by atoms with Gasteiger partial charge >= 0.3 is 11.9 Å². The second-order valence-electron chi connectivity index (χ2n) is 20.1. The van der Waals surface area contributed by atoms with Crippen molar-refractivity contribution in [2.45, 2.75) is 300 Å². The third-order valence-corrected chi connectivity index (χ3v) is 13.7. The van der Waals surface area contributed by atoms with Crippen LogP contribution in [0.5, 0.6) is 0 Å². The summed E-state index contributed by atoms with van der Waals surface area (Å²) >= 11 is 0. The molecule has 2 aliphatic rings. The molecule has 0 aromatic rings. The lowest BCUT2D eigenvalue weighted by Crippen LogP contribution is -2.61. The van der Waals surface area contributed by atoms with Crippen LogP contribution in [0.3, 0.4) is 0 Å². The van der Waals surface area contributed by atoms with Crippen molar-refractivity contribution in [2.24, 2.45) is 0 Å². The van der Waals surface area contributed by atoms with Gasteiger partial charge < -0.3 is 64.2 Å². The molecule has 4 unspecified atom stereocenters. The number of unbranched alkanes of at least 4 members (excludes halogenated alkanes) is 29. The molecule has 0 bridgehead atoms. The van der Waals surface area contributed by atoms with Gasteiger partial charge in [0, 0.05) is 12.8 Å². The van der Waals surface area contributed by atoms with Gasteiger partial charge in [-0.3, -0.25) is 9.59 Å².